The van der Waals surface area contributed by atoms with Crippen LogP contribution in [0.2, 0.25) is 0 Å². The van der Waals surface area contributed by atoms with Crippen molar-refractivity contribution >= 4 is 17.8 Å². The van der Waals surface area contributed by atoms with E-state index in [0.717, 1.165) is 0 Å². The second-order valence-electron chi connectivity index (χ2n) is 5.47. The monoisotopic (exact) mass is 268 g/mol. The number of carbonyl (C=O) groups is 3. The molecule has 0 aliphatic carbocycles. The van der Waals surface area contributed by atoms with Crippen LogP contribution in [-0.2, 0) is 14.4 Å². The van der Waals surface area contributed by atoms with Gasteiger partial charge in [-0.15, -0.1) is 0 Å². The Hall–Kier alpha value is -1.59. The van der Waals surface area contributed by atoms with Crippen molar-refractivity contribution in [2.75, 3.05) is 19.6 Å². The van der Waals surface area contributed by atoms with Crippen molar-refractivity contribution in [2.24, 2.45) is 11.3 Å². The number of amides is 2. The quantitative estimate of drug-likeness (QED) is 0.767. The first-order valence-electron chi connectivity index (χ1n) is 6.77. The number of hydrogen-bond acceptors (Lipinski definition) is 3. The molecule has 1 unspecified atom stereocenters. The van der Waals surface area contributed by atoms with Crippen LogP contribution in [0.25, 0.3) is 0 Å². The van der Waals surface area contributed by atoms with Crippen molar-refractivity contribution in [1.29, 1.82) is 0 Å². The molecule has 0 saturated carbocycles. The first kappa shape index (κ1) is 13.8. The summed E-state index contributed by atoms with van der Waals surface area (Å²) in [5, 5.41) is 12.0. The summed E-state index contributed by atoms with van der Waals surface area (Å²) < 4.78 is 0. The van der Waals surface area contributed by atoms with E-state index in [1.54, 1.807) is 4.90 Å². The van der Waals surface area contributed by atoms with E-state index in [9.17, 15) is 19.5 Å². The number of nitrogens with one attached hydrogen (secondary N) is 1. The van der Waals surface area contributed by atoms with E-state index in [4.69, 9.17) is 0 Å². The Kier molecular flexibility index (Phi) is 3.78. The lowest BCUT2D eigenvalue weighted by Gasteiger charge is -2.39. The van der Waals surface area contributed by atoms with Crippen LogP contribution in [0.4, 0.5) is 0 Å². The predicted molar refractivity (Wildman–Crippen MR) is 67.3 cm³/mol. The van der Waals surface area contributed by atoms with Crippen molar-refractivity contribution in [3.8, 4) is 0 Å². The molecule has 1 atom stereocenters. The van der Waals surface area contributed by atoms with E-state index < -0.39 is 11.4 Å². The number of carbonyl (C=O) groups excluding carboxylic acids is 2. The first-order valence-corrected chi connectivity index (χ1v) is 6.77. The maximum Gasteiger partial charge on any atom is 0.309 e. The van der Waals surface area contributed by atoms with Crippen LogP contribution in [0, 0.1) is 11.3 Å². The highest BCUT2D eigenvalue weighted by atomic mass is 16.4. The van der Waals surface area contributed by atoms with Crippen molar-refractivity contribution in [3.05, 3.63) is 0 Å². The molecule has 0 bridgehead atoms. The van der Waals surface area contributed by atoms with Crippen molar-refractivity contribution in [2.45, 2.75) is 32.6 Å². The molecule has 19 heavy (non-hydrogen) atoms. The average Bonchev–Trinajstić information content (AvgIpc) is 2.84. The second-order valence-corrected chi connectivity index (χ2v) is 5.47. The molecule has 0 aromatic rings. The van der Waals surface area contributed by atoms with Gasteiger partial charge in [0, 0.05) is 26.1 Å². The molecule has 2 rings (SSSR count). The van der Waals surface area contributed by atoms with Crippen LogP contribution in [0.3, 0.4) is 0 Å². The van der Waals surface area contributed by atoms with Gasteiger partial charge in [-0.1, -0.05) is 6.92 Å². The Balaban J connectivity index is 1.94. The molecule has 0 radical (unpaired) electrons. The maximum absolute atomic E-state index is 12.2. The van der Waals surface area contributed by atoms with E-state index >= 15 is 0 Å². The Morgan fingerprint density at radius 2 is 2.05 bits per heavy atom. The molecule has 2 aliphatic rings. The van der Waals surface area contributed by atoms with Gasteiger partial charge in [0.2, 0.25) is 11.8 Å². The second kappa shape index (κ2) is 5.19. The van der Waals surface area contributed by atoms with Gasteiger partial charge in [0.25, 0.3) is 0 Å². The van der Waals surface area contributed by atoms with Gasteiger partial charge in [-0.05, 0) is 19.3 Å². The van der Waals surface area contributed by atoms with Gasteiger partial charge in [-0.25, -0.2) is 0 Å². The molecule has 2 heterocycles. The summed E-state index contributed by atoms with van der Waals surface area (Å²) in [5.41, 5.74) is -0.680. The summed E-state index contributed by atoms with van der Waals surface area (Å²) in [6.07, 6.45) is 1.85. The molecular weight excluding hydrogens is 248 g/mol. The zero-order valence-corrected chi connectivity index (χ0v) is 11.1. The number of rotatable bonds is 3. The van der Waals surface area contributed by atoms with Gasteiger partial charge < -0.3 is 15.3 Å². The Labute approximate surface area is 112 Å². The minimum atomic E-state index is -0.764. The largest absolute Gasteiger partial charge is 0.481 e. The number of likely N-dealkylation sites (tertiary alicyclic amines) is 1. The molecule has 0 aromatic heterocycles. The standard InChI is InChI=1S/C13H20N2O4/c1-2-13(12(18)19)3-5-15(6-4-13)11(17)9-7-10(16)14-8-9/h9H,2-8H2,1H3,(H,14,16)(H,18,19). The fourth-order valence-corrected chi connectivity index (χ4v) is 2.91. The fourth-order valence-electron chi connectivity index (χ4n) is 2.91. The Morgan fingerprint density at radius 3 is 2.47 bits per heavy atom. The number of nitrogens with zero attached hydrogens (tertiary/aromatic N) is 1. The molecule has 2 saturated heterocycles. The van der Waals surface area contributed by atoms with Crippen LogP contribution < -0.4 is 5.32 Å². The Morgan fingerprint density at radius 1 is 1.42 bits per heavy atom. The molecule has 0 spiro atoms. The highest BCUT2D eigenvalue weighted by Crippen LogP contribution is 2.35. The molecule has 2 N–H and O–H groups in total. The lowest BCUT2D eigenvalue weighted by atomic mass is 9.76. The lowest BCUT2D eigenvalue weighted by molar-refractivity contribution is -0.155. The van der Waals surface area contributed by atoms with E-state index in [-0.39, 0.29) is 24.2 Å². The molecule has 2 aliphatic heterocycles. The first-order chi connectivity index (χ1) is 8.98. The maximum atomic E-state index is 12.2. The van der Waals surface area contributed by atoms with Gasteiger partial charge in [0.1, 0.15) is 0 Å². The smallest absolute Gasteiger partial charge is 0.309 e. The van der Waals surface area contributed by atoms with Gasteiger partial charge >= 0.3 is 5.97 Å². The summed E-state index contributed by atoms with van der Waals surface area (Å²) in [7, 11) is 0. The number of aliphatic carboxylic acids is 1. The highest BCUT2D eigenvalue weighted by Gasteiger charge is 2.42. The zero-order valence-electron chi connectivity index (χ0n) is 11.1. The van der Waals surface area contributed by atoms with E-state index in [1.807, 2.05) is 6.92 Å². The zero-order chi connectivity index (χ0) is 14.0. The highest BCUT2D eigenvalue weighted by molar-refractivity contribution is 5.89. The molecule has 6 heteroatoms. The number of hydrogen-bond donors (Lipinski definition) is 2. The van der Waals surface area contributed by atoms with E-state index in [2.05, 4.69) is 5.32 Å². The molecular formula is C13H20N2O4. The summed E-state index contributed by atoms with van der Waals surface area (Å²) in [4.78, 5) is 36.4. The third kappa shape index (κ3) is 2.57. The van der Waals surface area contributed by atoms with E-state index in [1.165, 1.54) is 0 Å². The van der Waals surface area contributed by atoms with Crippen molar-refractivity contribution in [1.82, 2.24) is 10.2 Å². The summed E-state index contributed by atoms with van der Waals surface area (Å²) >= 11 is 0. The third-order valence-electron chi connectivity index (χ3n) is 4.49. The van der Waals surface area contributed by atoms with Crippen molar-refractivity contribution in [3.63, 3.8) is 0 Å². The SMILES string of the molecule is CCC1(C(=O)O)CCN(C(=O)C2CNC(=O)C2)CC1. The number of carboxylic acid groups (broad SMARTS) is 1. The molecule has 0 aromatic carbocycles. The summed E-state index contributed by atoms with van der Waals surface area (Å²) in [5.74, 6) is -1.14. The van der Waals surface area contributed by atoms with Gasteiger partial charge in [-0.2, -0.15) is 0 Å². The summed E-state index contributed by atoms with van der Waals surface area (Å²) in [6.45, 7) is 3.24. The minimum absolute atomic E-state index is 0.0200. The van der Waals surface area contributed by atoms with E-state index in [0.29, 0.717) is 38.9 Å². The van der Waals surface area contributed by atoms with Crippen LogP contribution in [-0.4, -0.2) is 47.4 Å². The molecule has 106 valence electrons. The minimum Gasteiger partial charge on any atom is -0.481 e. The fraction of sp³-hybridized carbons (Fsp3) is 0.769. The molecule has 6 nitrogen and oxygen atoms in total. The molecule has 2 fully saturated rings. The van der Waals surface area contributed by atoms with Crippen LogP contribution in [0.5, 0.6) is 0 Å². The predicted octanol–water partition coefficient (Wildman–Crippen LogP) is 0.226. The summed E-state index contributed by atoms with van der Waals surface area (Å²) in [6, 6.07) is 0. The van der Waals surface area contributed by atoms with Crippen LogP contribution >= 0.6 is 0 Å². The van der Waals surface area contributed by atoms with Crippen LogP contribution in [0.15, 0.2) is 0 Å². The third-order valence-corrected chi connectivity index (χ3v) is 4.49. The lowest BCUT2D eigenvalue weighted by Crippen LogP contribution is -2.48. The Bertz CT molecular complexity index is 399. The van der Waals surface area contributed by atoms with Crippen LogP contribution in [0.1, 0.15) is 32.6 Å². The van der Waals surface area contributed by atoms with Gasteiger partial charge in [0.05, 0.1) is 11.3 Å². The normalized spacial score (nSPS) is 26.1. The number of carboxylic acids is 1. The molecule has 2 amide bonds. The van der Waals surface area contributed by atoms with Gasteiger partial charge in [0.15, 0.2) is 0 Å². The van der Waals surface area contributed by atoms with Gasteiger partial charge in [-0.3, -0.25) is 14.4 Å². The number of piperidine rings is 1. The topological polar surface area (TPSA) is 86.7 Å². The average molecular weight is 268 g/mol. The van der Waals surface area contributed by atoms with Crippen molar-refractivity contribution < 1.29 is 19.5 Å².